The van der Waals surface area contributed by atoms with Gasteiger partial charge in [0.05, 0.1) is 22.1 Å². The molecule has 0 aliphatic carbocycles. The molecule has 0 amide bonds. The third-order valence-corrected chi connectivity index (χ3v) is 6.56. The van der Waals surface area contributed by atoms with Crippen molar-refractivity contribution >= 4 is 66.3 Å². The number of aromatic nitrogens is 2. The third-order valence-electron chi connectivity index (χ3n) is 5.52. The van der Waals surface area contributed by atoms with Crippen LogP contribution in [0.25, 0.3) is 49.3 Å². The minimum atomic E-state index is 1.18. The van der Waals surface area contributed by atoms with Crippen LogP contribution in [0.4, 0.5) is 0 Å². The van der Waals surface area contributed by atoms with Gasteiger partial charge >= 0.3 is 0 Å². The molecule has 0 N–H and O–H groups in total. The monoisotopic (exact) mass is 396 g/mol. The highest BCUT2D eigenvalue weighted by molar-refractivity contribution is 8.68. The molecule has 0 aliphatic heterocycles. The molecule has 0 bridgehead atoms. The molecular weight excluding hydrogens is 380 g/mol. The minimum absolute atomic E-state index is 1.18. The molecule has 6 rings (SSSR count). The number of hydrogen-bond donors (Lipinski definition) is 1. The summed E-state index contributed by atoms with van der Waals surface area (Å²) in [7, 11) is 1.46. The van der Waals surface area contributed by atoms with E-state index in [0.29, 0.717) is 0 Å². The minimum Gasteiger partial charge on any atom is -0.309 e. The van der Waals surface area contributed by atoms with E-state index in [2.05, 4.69) is 111 Å². The first-order chi connectivity index (χ1) is 13.9. The lowest BCUT2D eigenvalue weighted by Crippen LogP contribution is -1.92. The fraction of sp³-hybridized carbons (Fsp3) is 0. The molecular formula is C24H16N2S2. The zero-order chi connectivity index (χ0) is 18.7. The van der Waals surface area contributed by atoms with E-state index in [9.17, 15) is 0 Å². The Labute approximate surface area is 171 Å². The van der Waals surface area contributed by atoms with Gasteiger partial charge in [-0.3, -0.25) is 3.97 Å². The predicted molar refractivity (Wildman–Crippen MR) is 126 cm³/mol. The van der Waals surface area contributed by atoms with Gasteiger partial charge in [-0.1, -0.05) is 72.3 Å². The highest BCUT2D eigenvalue weighted by Gasteiger charge is 2.19. The maximum atomic E-state index is 4.60. The van der Waals surface area contributed by atoms with Crippen molar-refractivity contribution in [3.8, 4) is 5.69 Å². The molecule has 2 heterocycles. The van der Waals surface area contributed by atoms with E-state index in [1.807, 2.05) is 0 Å². The maximum absolute atomic E-state index is 4.60. The summed E-state index contributed by atoms with van der Waals surface area (Å²) in [5.74, 6) is 0. The summed E-state index contributed by atoms with van der Waals surface area (Å²) in [6.45, 7) is 0. The van der Waals surface area contributed by atoms with Crippen molar-refractivity contribution < 1.29 is 0 Å². The Hall–Kier alpha value is -2.82. The number of fused-ring (bicyclic) bond motifs is 7. The molecule has 4 aromatic carbocycles. The lowest BCUT2D eigenvalue weighted by atomic mass is 10.1. The quantitative estimate of drug-likeness (QED) is 0.240. The molecule has 0 radical (unpaired) electrons. The van der Waals surface area contributed by atoms with Gasteiger partial charge in [-0.05, 0) is 30.3 Å². The van der Waals surface area contributed by atoms with Crippen LogP contribution >= 0.6 is 22.6 Å². The number of rotatable bonds is 2. The van der Waals surface area contributed by atoms with Crippen LogP contribution in [0.1, 0.15) is 0 Å². The fourth-order valence-electron chi connectivity index (χ4n) is 4.41. The summed E-state index contributed by atoms with van der Waals surface area (Å²) in [4.78, 5) is 0. The number of thiol groups is 1. The first-order valence-corrected chi connectivity index (χ1v) is 11.0. The van der Waals surface area contributed by atoms with Gasteiger partial charge in [-0.2, -0.15) is 0 Å². The number of benzene rings is 4. The zero-order valence-electron chi connectivity index (χ0n) is 14.9. The van der Waals surface area contributed by atoms with Crippen molar-refractivity contribution in [2.24, 2.45) is 0 Å². The Kier molecular flexibility index (Phi) is 3.52. The molecule has 2 aromatic heterocycles. The van der Waals surface area contributed by atoms with E-state index in [1.54, 1.807) is 0 Å². The van der Waals surface area contributed by atoms with Gasteiger partial charge in [0.2, 0.25) is 0 Å². The van der Waals surface area contributed by atoms with Gasteiger partial charge in [0.15, 0.2) is 0 Å². The first-order valence-electron chi connectivity index (χ1n) is 9.21. The van der Waals surface area contributed by atoms with Crippen LogP contribution < -0.4 is 0 Å². The van der Waals surface area contributed by atoms with Crippen LogP contribution in [0.2, 0.25) is 0 Å². The van der Waals surface area contributed by atoms with E-state index < -0.39 is 0 Å². The lowest BCUT2D eigenvalue weighted by Gasteiger charge is -2.07. The van der Waals surface area contributed by atoms with E-state index in [1.165, 1.54) is 60.3 Å². The van der Waals surface area contributed by atoms with Crippen molar-refractivity contribution in [1.29, 1.82) is 0 Å². The standard InChI is InChI=1S/C24H16N2S2/c27-28-26-21-13-7-4-10-17(21)18-14-15-22-23(24(18)26)19-11-5-6-12-20(19)25(22)16-8-2-1-3-9-16/h1-15,27H. The zero-order valence-corrected chi connectivity index (χ0v) is 16.6. The molecule has 0 spiro atoms. The smallest absolute Gasteiger partial charge is 0.0712 e. The highest BCUT2D eigenvalue weighted by atomic mass is 33.1. The van der Waals surface area contributed by atoms with Crippen molar-refractivity contribution in [2.75, 3.05) is 0 Å². The second-order valence-electron chi connectivity index (χ2n) is 6.94. The molecule has 0 aliphatic rings. The summed E-state index contributed by atoms with van der Waals surface area (Å²) in [6.07, 6.45) is 0. The predicted octanol–water partition coefficient (Wildman–Crippen LogP) is 7.23. The Morgan fingerprint density at radius 3 is 2.04 bits per heavy atom. The van der Waals surface area contributed by atoms with Crippen LogP contribution in [0.15, 0.2) is 91.0 Å². The second-order valence-corrected chi connectivity index (χ2v) is 7.96. The normalized spacial score (nSPS) is 11.9. The average molecular weight is 397 g/mol. The van der Waals surface area contributed by atoms with Crippen LogP contribution in [-0.2, 0) is 0 Å². The van der Waals surface area contributed by atoms with Crippen LogP contribution in [-0.4, -0.2) is 8.54 Å². The largest absolute Gasteiger partial charge is 0.309 e. The first kappa shape index (κ1) is 16.2. The van der Waals surface area contributed by atoms with Gasteiger partial charge < -0.3 is 4.57 Å². The summed E-state index contributed by atoms with van der Waals surface area (Å²) in [5, 5.41) is 5.06. The second kappa shape index (κ2) is 6.09. The van der Waals surface area contributed by atoms with Gasteiger partial charge in [0.25, 0.3) is 0 Å². The van der Waals surface area contributed by atoms with Crippen molar-refractivity contribution in [3.05, 3.63) is 91.0 Å². The Morgan fingerprint density at radius 1 is 0.571 bits per heavy atom. The summed E-state index contributed by atoms with van der Waals surface area (Å²) < 4.78 is 4.60. The Morgan fingerprint density at radius 2 is 1.25 bits per heavy atom. The van der Waals surface area contributed by atoms with Crippen LogP contribution in [0, 0.1) is 0 Å². The SMILES string of the molecule is SSn1c2ccccc2c2ccc3c(c4ccccc4n3-c3ccccc3)c21. The molecule has 28 heavy (non-hydrogen) atoms. The molecule has 134 valence electrons. The van der Waals surface area contributed by atoms with Crippen molar-refractivity contribution in [1.82, 2.24) is 8.54 Å². The molecule has 2 nitrogen and oxygen atoms in total. The lowest BCUT2D eigenvalue weighted by molar-refractivity contribution is 1.18. The number of hydrogen-bond acceptors (Lipinski definition) is 2. The van der Waals surface area contributed by atoms with Gasteiger partial charge in [0, 0.05) is 38.2 Å². The maximum Gasteiger partial charge on any atom is 0.0712 e. The molecule has 6 aromatic rings. The Balaban J connectivity index is 1.92. The van der Waals surface area contributed by atoms with Crippen molar-refractivity contribution in [2.45, 2.75) is 0 Å². The molecule has 0 saturated carbocycles. The average Bonchev–Trinajstić information content (AvgIpc) is 3.27. The molecule has 0 saturated heterocycles. The number of para-hydroxylation sites is 3. The van der Waals surface area contributed by atoms with E-state index >= 15 is 0 Å². The molecule has 0 unspecified atom stereocenters. The molecule has 0 fully saturated rings. The fourth-order valence-corrected chi connectivity index (χ4v) is 5.44. The third kappa shape index (κ3) is 2.07. The van der Waals surface area contributed by atoms with Gasteiger partial charge in [0.1, 0.15) is 0 Å². The highest BCUT2D eigenvalue weighted by Crippen LogP contribution is 2.42. The van der Waals surface area contributed by atoms with Gasteiger partial charge in [-0.15, -0.1) is 0 Å². The van der Waals surface area contributed by atoms with Crippen LogP contribution in [0.3, 0.4) is 0 Å². The van der Waals surface area contributed by atoms with Crippen LogP contribution in [0.5, 0.6) is 0 Å². The summed E-state index contributed by atoms with van der Waals surface area (Å²) in [6, 6.07) is 32.3. The molecule has 0 atom stereocenters. The topological polar surface area (TPSA) is 9.86 Å². The number of nitrogens with zero attached hydrogens (tertiary/aromatic N) is 2. The van der Waals surface area contributed by atoms with Crippen molar-refractivity contribution in [3.63, 3.8) is 0 Å². The molecule has 4 heteroatoms. The Bertz CT molecular complexity index is 1490. The van der Waals surface area contributed by atoms with E-state index in [-0.39, 0.29) is 0 Å². The summed E-state index contributed by atoms with van der Waals surface area (Å²) >= 11 is 4.60. The van der Waals surface area contributed by atoms with E-state index in [4.69, 9.17) is 0 Å². The summed E-state index contributed by atoms with van der Waals surface area (Å²) in [5.41, 5.74) is 6.03. The van der Waals surface area contributed by atoms with E-state index in [0.717, 1.165) is 0 Å². The van der Waals surface area contributed by atoms with Gasteiger partial charge in [-0.25, -0.2) is 0 Å².